The maximum atomic E-state index is 11.3. The molecule has 0 radical (unpaired) electrons. The molecule has 0 atom stereocenters. The number of fused-ring (bicyclic) bond motifs is 1. The van der Waals surface area contributed by atoms with E-state index in [2.05, 4.69) is 11.3 Å². The van der Waals surface area contributed by atoms with Crippen LogP contribution in [0.3, 0.4) is 0 Å². The molecule has 0 aliphatic rings. The fourth-order valence-corrected chi connectivity index (χ4v) is 1.64. The third-order valence-electron chi connectivity index (χ3n) is 2.52. The first kappa shape index (κ1) is 10.4. The molecule has 2 rings (SSSR count). The molecule has 0 saturated heterocycles. The zero-order valence-corrected chi connectivity index (χ0v) is 9.07. The first-order valence-corrected chi connectivity index (χ1v) is 4.99. The van der Waals surface area contributed by atoms with Gasteiger partial charge in [-0.1, -0.05) is 30.9 Å². The summed E-state index contributed by atoms with van der Waals surface area (Å²) in [4.78, 5) is 11.3. The summed E-state index contributed by atoms with van der Waals surface area (Å²) in [6.45, 7) is 3.72. The van der Waals surface area contributed by atoms with Crippen LogP contribution in [0.5, 0.6) is 0 Å². The molecule has 0 aliphatic carbocycles. The Bertz CT molecular complexity index is 556. The molecule has 2 aromatic carbocycles. The lowest BCUT2D eigenvalue weighted by Crippen LogP contribution is -2.00. The van der Waals surface area contributed by atoms with Crippen molar-refractivity contribution < 1.29 is 9.53 Å². The van der Waals surface area contributed by atoms with Gasteiger partial charge in [0.25, 0.3) is 0 Å². The second kappa shape index (κ2) is 4.19. The Balaban J connectivity index is 2.55. The highest BCUT2D eigenvalue weighted by molar-refractivity contribution is 5.95. The van der Waals surface area contributed by atoms with Crippen molar-refractivity contribution >= 4 is 22.8 Å². The van der Waals surface area contributed by atoms with Crippen LogP contribution in [0.4, 0.5) is 0 Å². The summed E-state index contributed by atoms with van der Waals surface area (Å²) in [6, 6.07) is 11.5. The highest BCUT2D eigenvalue weighted by Gasteiger charge is 2.05. The van der Waals surface area contributed by atoms with Gasteiger partial charge in [0.2, 0.25) is 0 Å². The van der Waals surface area contributed by atoms with E-state index in [9.17, 15) is 4.79 Å². The summed E-state index contributed by atoms with van der Waals surface area (Å²) in [5.74, 6) is -0.310. The maximum absolute atomic E-state index is 11.3. The van der Waals surface area contributed by atoms with E-state index < -0.39 is 0 Å². The third-order valence-corrected chi connectivity index (χ3v) is 2.52. The lowest BCUT2D eigenvalue weighted by Gasteiger charge is -2.03. The van der Waals surface area contributed by atoms with E-state index in [0.717, 1.165) is 16.3 Å². The zero-order chi connectivity index (χ0) is 11.5. The fourth-order valence-electron chi connectivity index (χ4n) is 1.64. The Morgan fingerprint density at radius 1 is 1.19 bits per heavy atom. The quantitative estimate of drug-likeness (QED) is 0.714. The molecule has 0 N–H and O–H groups in total. The van der Waals surface area contributed by atoms with Crippen LogP contribution in [0.15, 0.2) is 43.0 Å². The molecule has 0 aliphatic heterocycles. The third kappa shape index (κ3) is 1.82. The molecule has 0 bridgehead atoms. The van der Waals surface area contributed by atoms with E-state index in [-0.39, 0.29) is 5.97 Å². The van der Waals surface area contributed by atoms with Crippen molar-refractivity contribution in [1.29, 1.82) is 0 Å². The van der Waals surface area contributed by atoms with Crippen LogP contribution in [-0.4, -0.2) is 13.1 Å². The molecule has 16 heavy (non-hydrogen) atoms. The normalized spacial score (nSPS) is 10.1. The summed E-state index contributed by atoms with van der Waals surface area (Å²) < 4.78 is 4.67. The van der Waals surface area contributed by atoms with Gasteiger partial charge < -0.3 is 4.74 Å². The Hall–Kier alpha value is -2.09. The van der Waals surface area contributed by atoms with Gasteiger partial charge in [0, 0.05) is 0 Å². The van der Waals surface area contributed by atoms with E-state index >= 15 is 0 Å². The first-order valence-electron chi connectivity index (χ1n) is 4.99. The number of methoxy groups -OCH3 is 1. The van der Waals surface area contributed by atoms with Crippen LogP contribution in [0.1, 0.15) is 15.9 Å². The number of carbonyl (C=O) groups is 1. The molecule has 0 saturated carbocycles. The molecule has 0 amide bonds. The fraction of sp³-hybridized carbons (Fsp3) is 0.0714. The Morgan fingerprint density at radius 2 is 1.88 bits per heavy atom. The second-order valence-corrected chi connectivity index (χ2v) is 3.52. The van der Waals surface area contributed by atoms with Gasteiger partial charge in [-0.2, -0.15) is 0 Å². The first-order chi connectivity index (χ1) is 7.74. The van der Waals surface area contributed by atoms with Crippen LogP contribution in [0.25, 0.3) is 16.8 Å². The summed E-state index contributed by atoms with van der Waals surface area (Å²) in [5, 5.41) is 2.11. The van der Waals surface area contributed by atoms with Crippen molar-refractivity contribution in [2.45, 2.75) is 0 Å². The number of hydrogen-bond donors (Lipinski definition) is 0. The molecule has 2 aromatic rings. The lowest BCUT2D eigenvalue weighted by molar-refractivity contribution is 0.0601. The second-order valence-electron chi connectivity index (χ2n) is 3.52. The number of carbonyl (C=O) groups excluding carboxylic acids is 1. The van der Waals surface area contributed by atoms with E-state index in [1.807, 2.05) is 30.3 Å². The van der Waals surface area contributed by atoms with Crippen LogP contribution in [0, 0.1) is 0 Å². The molecule has 80 valence electrons. The lowest BCUT2D eigenvalue weighted by atomic mass is 10.0. The average molecular weight is 212 g/mol. The van der Waals surface area contributed by atoms with Crippen molar-refractivity contribution in [2.75, 3.05) is 7.11 Å². The standard InChI is InChI=1S/C14H12O2/c1-3-10-4-5-12-9-13(14(15)16-2)7-6-11(12)8-10/h3-9H,1H2,2H3. The predicted molar refractivity (Wildman–Crippen MR) is 65.4 cm³/mol. The van der Waals surface area contributed by atoms with E-state index in [4.69, 9.17) is 0 Å². The number of rotatable bonds is 2. The van der Waals surface area contributed by atoms with Gasteiger partial charge >= 0.3 is 5.97 Å². The molecule has 2 heteroatoms. The van der Waals surface area contributed by atoms with E-state index in [1.165, 1.54) is 7.11 Å². The van der Waals surface area contributed by atoms with Crippen molar-refractivity contribution in [3.63, 3.8) is 0 Å². The topological polar surface area (TPSA) is 26.3 Å². The predicted octanol–water partition coefficient (Wildman–Crippen LogP) is 3.27. The summed E-state index contributed by atoms with van der Waals surface area (Å²) >= 11 is 0. The van der Waals surface area contributed by atoms with Gasteiger partial charge in [-0.15, -0.1) is 0 Å². The van der Waals surface area contributed by atoms with Crippen LogP contribution in [0.2, 0.25) is 0 Å². The molecule has 0 fully saturated rings. The monoisotopic (exact) mass is 212 g/mol. The average Bonchev–Trinajstić information content (AvgIpc) is 2.36. The van der Waals surface area contributed by atoms with Gasteiger partial charge in [0.1, 0.15) is 0 Å². The van der Waals surface area contributed by atoms with E-state index in [1.54, 1.807) is 12.1 Å². The maximum Gasteiger partial charge on any atom is 0.337 e. The van der Waals surface area contributed by atoms with Crippen molar-refractivity contribution in [3.8, 4) is 0 Å². The van der Waals surface area contributed by atoms with Gasteiger partial charge in [-0.25, -0.2) is 4.79 Å². The molecular formula is C14H12O2. The minimum absolute atomic E-state index is 0.310. The van der Waals surface area contributed by atoms with Crippen molar-refractivity contribution in [2.24, 2.45) is 0 Å². The minimum Gasteiger partial charge on any atom is -0.465 e. The van der Waals surface area contributed by atoms with E-state index in [0.29, 0.717) is 5.56 Å². The SMILES string of the molecule is C=Cc1ccc2cc(C(=O)OC)ccc2c1. The largest absolute Gasteiger partial charge is 0.465 e. The molecule has 0 spiro atoms. The molecule has 0 heterocycles. The number of ether oxygens (including phenoxy) is 1. The molecule has 2 nitrogen and oxygen atoms in total. The van der Waals surface area contributed by atoms with Gasteiger partial charge in [-0.3, -0.25) is 0 Å². The Kier molecular flexibility index (Phi) is 2.73. The zero-order valence-electron chi connectivity index (χ0n) is 9.07. The van der Waals surface area contributed by atoms with Crippen molar-refractivity contribution in [1.82, 2.24) is 0 Å². The highest BCUT2D eigenvalue weighted by Crippen LogP contribution is 2.18. The summed E-state index contributed by atoms with van der Waals surface area (Å²) in [6.07, 6.45) is 1.80. The van der Waals surface area contributed by atoms with Crippen molar-refractivity contribution in [3.05, 3.63) is 54.1 Å². The van der Waals surface area contributed by atoms with Crippen LogP contribution < -0.4 is 0 Å². The van der Waals surface area contributed by atoms with Gasteiger partial charge in [0.15, 0.2) is 0 Å². The number of esters is 1. The minimum atomic E-state index is -0.310. The smallest absolute Gasteiger partial charge is 0.337 e. The number of benzene rings is 2. The van der Waals surface area contributed by atoms with Crippen LogP contribution >= 0.6 is 0 Å². The Morgan fingerprint density at radius 3 is 2.56 bits per heavy atom. The van der Waals surface area contributed by atoms with Gasteiger partial charge in [0.05, 0.1) is 12.7 Å². The summed E-state index contributed by atoms with van der Waals surface area (Å²) in [7, 11) is 1.38. The molecule has 0 unspecified atom stereocenters. The molecule has 0 aromatic heterocycles. The van der Waals surface area contributed by atoms with Crippen LogP contribution in [-0.2, 0) is 4.74 Å². The van der Waals surface area contributed by atoms with Gasteiger partial charge in [-0.05, 0) is 34.5 Å². The number of hydrogen-bond acceptors (Lipinski definition) is 2. The highest BCUT2D eigenvalue weighted by atomic mass is 16.5. The summed E-state index contributed by atoms with van der Waals surface area (Å²) in [5.41, 5.74) is 1.64. The Labute approximate surface area is 94.2 Å². The molecular weight excluding hydrogens is 200 g/mol.